The van der Waals surface area contributed by atoms with Gasteiger partial charge in [-0.3, -0.25) is 0 Å². The highest BCUT2D eigenvalue weighted by Crippen LogP contribution is 2.43. The van der Waals surface area contributed by atoms with Gasteiger partial charge in [0, 0.05) is 11.1 Å². The number of anilines is 2. The van der Waals surface area contributed by atoms with Crippen molar-refractivity contribution in [2.75, 3.05) is 10.6 Å². The van der Waals surface area contributed by atoms with Gasteiger partial charge in [-0.1, -0.05) is 133 Å². The van der Waals surface area contributed by atoms with E-state index < -0.39 is 0 Å². The van der Waals surface area contributed by atoms with Crippen LogP contribution in [0, 0.1) is 0 Å². The average Bonchev–Trinajstić information content (AvgIpc) is 3.17. The van der Waals surface area contributed by atoms with Crippen LogP contribution in [0.1, 0.15) is 37.1 Å². The monoisotopic (exact) mass is 678 g/mol. The lowest BCUT2D eigenvalue weighted by Crippen LogP contribution is -2.32. The molecule has 0 bridgehead atoms. The predicted octanol–water partition coefficient (Wildman–Crippen LogP) is 11.7. The number of carbonyl (C=O) groups is 2. The molecule has 0 heterocycles. The molecule has 6 heteroatoms. The molecule has 8 aromatic rings. The highest BCUT2D eigenvalue weighted by molar-refractivity contribution is 6.16. The van der Waals surface area contributed by atoms with Crippen LogP contribution in [0.15, 0.2) is 158 Å². The molecule has 0 unspecified atom stereocenters. The normalized spacial score (nSPS) is 12.4. The van der Waals surface area contributed by atoms with E-state index in [4.69, 9.17) is 0 Å². The predicted molar refractivity (Wildman–Crippen MR) is 216 cm³/mol. The highest BCUT2D eigenvalue weighted by atomic mass is 16.2. The second-order valence-electron chi connectivity index (χ2n) is 13.3. The van der Waals surface area contributed by atoms with Crippen LogP contribution in [-0.2, 0) is 0 Å². The molecule has 0 saturated carbocycles. The molecule has 0 radical (unpaired) electrons. The highest BCUT2D eigenvalue weighted by Gasteiger charge is 2.21. The number of fused-ring (bicyclic) bond motifs is 4. The Morgan fingerprint density at radius 3 is 1.17 bits per heavy atom. The standard InChI is InChI=1S/C46H38N4O2/c1-29(35-21-19-31-11-3-5-15-37(31)27-35)47-45(51)49-41-25-23-33-13-7-9-17-39(33)43(41)44-40-18-10-8-14-34(40)24-26-42(44)50-46(52)48-30(2)36-22-20-32-12-4-6-16-38(32)28-36/h3-30H,1-2H3,(H2,47,49,51)(H2,48,50,52)/t29-,30-/m1/s1. The van der Waals surface area contributed by atoms with E-state index in [-0.39, 0.29) is 24.1 Å². The van der Waals surface area contributed by atoms with Crippen molar-refractivity contribution < 1.29 is 9.59 Å². The maximum atomic E-state index is 13.7. The maximum absolute atomic E-state index is 13.7. The van der Waals surface area contributed by atoms with E-state index in [1.54, 1.807) is 0 Å². The van der Waals surface area contributed by atoms with E-state index in [1.807, 2.05) is 86.6 Å². The molecular formula is C46H38N4O2. The van der Waals surface area contributed by atoms with Crippen LogP contribution >= 0.6 is 0 Å². The second kappa shape index (κ2) is 13.9. The van der Waals surface area contributed by atoms with Crippen LogP contribution in [0.3, 0.4) is 0 Å². The summed E-state index contributed by atoms with van der Waals surface area (Å²) in [5.74, 6) is 0. The molecule has 4 N–H and O–H groups in total. The molecule has 0 aliphatic carbocycles. The Hall–Kier alpha value is -6.66. The van der Waals surface area contributed by atoms with Gasteiger partial charge in [0.2, 0.25) is 0 Å². The molecule has 8 rings (SSSR count). The van der Waals surface area contributed by atoms with Crippen molar-refractivity contribution in [2.24, 2.45) is 0 Å². The summed E-state index contributed by atoms with van der Waals surface area (Å²) < 4.78 is 0. The Kier molecular flexibility index (Phi) is 8.71. The van der Waals surface area contributed by atoms with Crippen LogP contribution in [0.4, 0.5) is 21.0 Å². The Morgan fingerprint density at radius 1 is 0.404 bits per heavy atom. The van der Waals surface area contributed by atoms with Crippen molar-refractivity contribution in [3.05, 3.63) is 169 Å². The molecule has 0 fully saturated rings. The number of hydrogen-bond acceptors (Lipinski definition) is 2. The van der Waals surface area contributed by atoms with Gasteiger partial charge < -0.3 is 21.3 Å². The molecule has 0 aromatic heterocycles. The van der Waals surface area contributed by atoms with E-state index in [0.29, 0.717) is 11.4 Å². The topological polar surface area (TPSA) is 82.3 Å². The van der Waals surface area contributed by atoms with Crippen molar-refractivity contribution in [2.45, 2.75) is 25.9 Å². The third-order valence-corrected chi connectivity index (χ3v) is 9.85. The Morgan fingerprint density at radius 2 is 0.750 bits per heavy atom. The minimum Gasteiger partial charge on any atom is -0.331 e. The summed E-state index contributed by atoms with van der Waals surface area (Å²) in [6.45, 7) is 3.96. The van der Waals surface area contributed by atoms with Crippen molar-refractivity contribution in [1.82, 2.24) is 10.6 Å². The van der Waals surface area contributed by atoms with E-state index in [1.165, 1.54) is 0 Å². The first-order valence-corrected chi connectivity index (χ1v) is 17.6. The van der Waals surface area contributed by atoms with Crippen LogP contribution in [0.5, 0.6) is 0 Å². The van der Waals surface area contributed by atoms with Gasteiger partial charge in [0.05, 0.1) is 23.5 Å². The van der Waals surface area contributed by atoms with Crippen LogP contribution in [0.25, 0.3) is 54.2 Å². The molecule has 254 valence electrons. The zero-order valence-corrected chi connectivity index (χ0v) is 29.0. The smallest absolute Gasteiger partial charge is 0.319 e. The third-order valence-electron chi connectivity index (χ3n) is 9.85. The lowest BCUT2D eigenvalue weighted by molar-refractivity contribution is 0.248. The van der Waals surface area contributed by atoms with Crippen LogP contribution < -0.4 is 21.3 Å². The maximum Gasteiger partial charge on any atom is 0.319 e. The van der Waals surface area contributed by atoms with Gasteiger partial charge in [0.15, 0.2) is 0 Å². The quantitative estimate of drug-likeness (QED) is 0.135. The van der Waals surface area contributed by atoms with E-state index in [0.717, 1.165) is 65.3 Å². The molecular weight excluding hydrogens is 641 g/mol. The first-order valence-electron chi connectivity index (χ1n) is 17.6. The van der Waals surface area contributed by atoms with Crippen LogP contribution in [0.2, 0.25) is 0 Å². The summed E-state index contributed by atoms with van der Waals surface area (Å²) in [6, 6.07) is 51.9. The first kappa shape index (κ1) is 32.5. The van der Waals surface area contributed by atoms with Gasteiger partial charge in [0.1, 0.15) is 0 Å². The number of nitrogens with one attached hydrogen (secondary N) is 4. The molecule has 0 aliphatic heterocycles. The number of urea groups is 2. The van der Waals surface area contributed by atoms with Gasteiger partial charge >= 0.3 is 12.1 Å². The largest absolute Gasteiger partial charge is 0.331 e. The molecule has 4 amide bonds. The lowest BCUT2D eigenvalue weighted by atomic mass is 9.91. The molecule has 0 spiro atoms. The summed E-state index contributed by atoms with van der Waals surface area (Å²) in [7, 11) is 0. The van der Waals surface area contributed by atoms with Crippen molar-refractivity contribution in [3.8, 4) is 11.1 Å². The summed E-state index contributed by atoms with van der Waals surface area (Å²) in [5, 5.41) is 21.1. The Balaban J connectivity index is 1.14. The van der Waals surface area contributed by atoms with E-state index >= 15 is 0 Å². The zero-order chi connectivity index (χ0) is 35.6. The number of benzene rings is 8. The fourth-order valence-corrected chi connectivity index (χ4v) is 7.12. The minimum atomic E-state index is -0.325. The molecule has 6 nitrogen and oxygen atoms in total. The molecule has 0 aliphatic rings. The summed E-state index contributed by atoms with van der Waals surface area (Å²) in [5.41, 5.74) is 4.93. The van der Waals surface area contributed by atoms with E-state index in [2.05, 4.69) is 106 Å². The van der Waals surface area contributed by atoms with Gasteiger partial charge in [-0.05, 0) is 92.3 Å². The molecule has 0 saturated heterocycles. The molecule has 52 heavy (non-hydrogen) atoms. The van der Waals surface area contributed by atoms with Crippen LogP contribution in [-0.4, -0.2) is 12.1 Å². The first-order chi connectivity index (χ1) is 25.4. The number of rotatable bonds is 7. The fraction of sp³-hybridized carbons (Fsp3) is 0.0870. The molecule has 8 aromatic carbocycles. The number of amides is 4. The van der Waals surface area contributed by atoms with Gasteiger partial charge in [-0.15, -0.1) is 0 Å². The average molecular weight is 679 g/mol. The van der Waals surface area contributed by atoms with Gasteiger partial charge in [-0.25, -0.2) is 9.59 Å². The van der Waals surface area contributed by atoms with Crippen molar-refractivity contribution in [1.29, 1.82) is 0 Å². The van der Waals surface area contributed by atoms with Gasteiger partial charge in [0.25, 0.3) is 0 Å². The van der Waals surface area contributed by atoms with Gasteiger partial charge in [-0.2, -0.15) is 0 Å². The molecule has 2 atom stereocenters. The summed E-state index contributed by atoms with van der Waals surface area (Å²) >= 11 is 0. The second-order valence-corrected chi connectivity index (χ2v) is 13.3. The third kappa shape index (κ3) is 6.50. The summed E-state index contributed by atoms with van der Waals surface area (Å²) in [4.78, 5) is 27.5. The SMILES string of the molecule is C[C@@H](NC(=O)Nc1ccc2ccccc2c1-c1c(NC(=O)N[C@H](C)c2ccc3ccccc3c2)ccc2ccccc12)c1ccc2ccccc2c1. The fourth-order valence-electron chi connectivity index (χ4n) is 7.12. The Bertz CT molecular complexity index is 2450. The lowest BCUT2D eigenvalue weighted by Gasteiger charge is -2.22. The zero-order valence-electron chi connectivity index (χ0n) is 29.0. The van der Waals surface area contributed by atoms with E-state index in [9.17, 15) is 9.59 Å². The Labute approximate surface area is 302 Å². The van der Waals surface area contributed by atoms with Crippen molar-refractivity contribution in [3.63, 3.8) is 0 Å². The minimum absolute atomic E-state index is 0.239. The number of hydrogen-bond donors (Lipinski definition) is 4. The summed E-state index contributed by atoms with van der Waals surface area (Å²) in [6.07, 6.45) is 0. The van der Waals surface area contributed by atoms with Crippen molar-refractivity contribution >= 4 is 66.5 Å². The number of carbonyl (C=O) groups excluding carboxylic acids is 2.